The highest BCUT2D eigenvalue weighted by Crippen LogP contribution is 2.25. The molecule has 0 aliphatic carbocycles. The van der Waals surface area contributed by atoms with Gasteiger partial charge in [-0.1, -0.05) is 5.16 Å². The third-order valence-corrected chi connectivity index (χ3v) is 4.24. The Labute approximate surface area is 171 Å². The van der Waals surface area contributed by atoms with Crippen LogP contribution in [-0.2, 0) is 9.53 Å². The van der Waals surface area contributed by atoms with Gasteiger partial charge in [-0.15, -0.1) is 0 Å². The van der Waals surface area contributed by atoms with Gasteiger partial charge < -0.3 is 15.4 Å². The number of halogens is 2. The van der Waals surface area contributed by atoms with Crippen molar-refractivity contribution in [3.63, 3.8) is 0 Å². The van der Waals surface area contributed by atoms with Crippen molar-refractivity contribution in [1.82, 2.24) is 25.4 Å². The predicted octanol–water partition coefficient (Wildman–Crippen LogP) is 1.34. The van der Waals surface area contributed by atoms with Crippen LogP contribution in [0.2, 0.25) is 0 Å². The van der Waals surface area contributed by atoms with Crippen LogP contribution in [0.4, 0.5) is 10.2 Å². The van der Waals surface area contributed by atoms with Gasteiger partial charge in [0.15, 0.2) is 5.69 Å². The van der Waals surface area contributed by atoms with E-state index in [4.69, 9.17) is 13.9 Å². The highest BCUT2D eigenvalue weighted by molar-refractivity contribution is 9.10. The second-order valence-corrected chi connectivity index (χ2v) is 6.43. The van der Waals surface area contributed by atoms with E-state index in [0.29, 0.717) is 25.4 Å². The molecule has 154 valence electrons. The molecule has 0 saturated heterocycles. The van der Waals surface area contributed by atoms with Crippen molar-refractivity contribution in [2.24, 2.45) is 0 Å². The second kappa shape index (κ2) is 9.43. The van der Waals surface area contributed by atoms with Gasteiger partial charge in [0.25, 0.3) is 0 Å². The van der Waals surface area contributed by atoms with E-state index in [9.17, 15) is 14.0 Å². The SMILES string of the molecule is CCOC(=O)CNCCNc1nonc1-c1noc(=O)n1-c1ccc(F)c(Br)c1. The number of nitrogens with zero attached hydrogens (tertiary/aromatic N) is 4. The molecule has 3 aromatic rings. The number of carbonyl (C=O) groups is 1. The molecule has 29 heavy (non-hydrogen) atoms. The standard InChI is InChI=1S/C16H16BrFN6O5/c1-2-27-12(25)8-19-5-6-20-14-13(21-29-22-14)15-23-28-16(26)24(15)9-3-4-11(18)10(17)7-9/h3-4,7,19H,2,5-6,8H2,1H3,(H,20,22). The minimum atomic E-state index is -0.788. The fraction of sp³-hybridized carbons (Fsp3) is 0.312. The molecular formula is C16H16BrFN6O5. The van der Waals surface area contributed by atoms with Crippen molar-refractivity contribution in [3.8, 4) is 17.2 Å². The van der Waals surface area contributed by atoms with Gasteiger partial charge in [0, 0.05) is 13.1 Å². The molecule has 11 nitrogen and oxygen atoms in total. The first-order chi connectivity index (χ1) is 14.0. The smallest absolute Gasteiger partial charge is 0.446 e. The van der Waals surface area contributed by atoms with Gasteiger partial charge in [-0.05, 0) is 51.4 Å². The van der Waals surface area contributed by atoms with Gasteiger partial charge in [-0.25, -0.2) is 18.4 Å². The summed E-state index contributed by atoms with van der Waals surface area (Å²) < 4.78 is 29.1. The summed E-state index contributed by atoms with van der Waals surface area (Å²) in [6.45, 7) is 2.90. The summed E-state index contributed by atoms with van der Waals surface area (Å²) >= 11 is 3.07. The molecule has 0 unspecified atom stereocenters. The van der Waals surface area contributed by atoms with Crippen LogP contribution in [-0.4, -0.2) is 52.2 Å². The van der Waals surface area contributed by atoms with E-state index in [-0.39, 0.29) is 34.3 Å². The first kappa shape index (κ1) is 20.7. The summed E-state index contributed by atoms with van der Waals surface area (Å²) in [5.74, 6) is -1.39. The summed E-state index contributed by atoms with van der Waals surface area (Å²) in [5, 5.41) is 17.1. The first-order valence-electron chi connectivity index (χ1n) is 8.48. The molecule has 1 aromatic carbocycles. The third kappa shape index (κ3) is 4.86. The van der Waals surface area contributed by atoms with Crippen molar-refractivity contribution < 1.29 is 23.1 Å². The van der Waals surface area contributed by atoms with Gasteiger partial charge >= 0.3 is 11.7 Å². The van der Waals surface area contributed by atoms with Crippen LogP contribution < -0.4 is 16.4 Å². The molecule has 0 atom stereocenters. The summed E-state index contributed by atoms with van der Waals surface area (Å²) in [5.41, 5.74) is 0.436. The number of benzene rings is 1. The molecule has 0 bridgehead atoms. The molecular weight excluding hydrogens is 455 g/mol. The average molecular weight is 471 g/mol. The summed E-state index contributed by atoms with van der Waals surface area (Å²) in [6, 6.07) is 3.98. The predicted molar refractivity (Wildman–Crippen MR) is 101 cm³/mol. The van der Waals surface area contributed by atoms with E-state index in [1.165, 1.54) is 18.2 Å². The maximum atomic E-state index is 13.5. The molecule has 0 radical (unpaired) electrons. The Balaban J connectivity index is 1.73. The molecule has 0 saturated carbocycles. The maximum Gasteiger partial charge on any atom is 0.446 e. The lowest BCUT2D eigenvalue weighted by Gasteiger charge is -2.07. The Morgan fingerprint density at radius 3 is 2.90 bits per heavy atom. The summed E-state index contributed by atoms with van der Waals surface area (Å²) in [4.78, 5) is 23.4. The zero-order valence-electron chi connectivity index (χ0n) is 15.1. The number of hydrogen-bond acceptors (Lipinski definition) is 10. The molecule has 13 heteroatoms. The zero-order chi connectivity index (χ0) is 20.8. The van der Waals surface area contributed by atoms with Crippen LogP contribution in [0.5, 0.6) is 0 Å². The van der Waals surface area contributed by atoms with E-state index in [2.05, 4.69) is 42.0 Å². The molecule has 2 heterocycles. The fourth-order valence-corrected chi connectivity index (χ4v) is 2.74. The minimum Gasteiger partial charge on any atom is -0.465 e. The van der Waals surface area contributed by atoms with Crippen LogP contribution in [0, 0.1) is 5.82 Å². The van der Waals surface area contributed by atoms with E-state index in [1.807, 2.05) is 0 Å². The van der Waals surface area contributed by atoms with Gasteiger partial charge in [0.2, 0.25) is 11.6 Å². The maximum absolute atomic E-state index is 13.5. The van der Waals surface area contributed by atoms with Crippen molar-refractivity contribution in [2.45, 2.75) is 6.92 Å². The lowest BCUT2D eigenvalue weighted by atomic mass is 10.3. The monoisotopic (exact) mass is 470 g/mol. The topological polar surface area (TPSA) is 137 Å². The van der Waals surface area contributed by atoms with Crippen molar-refractivity contribution >= 4 is 27.7 Å². The normalized spacial score (nSPS) is 10.9. The van der Waals surface area contributed by atoms with Crippen LogP contribution in [0.1, 0.15) is 6.92 Å². The second-order valence-electron chi connectivity index (χ2n) is 5.58. The molecule has 2 N–H and O–H groups in total. The number of esters is 1. The zero-order valence-corrected chi connectivity index (χ0v) is 16.7. The lowest BCUT2D eigenvalue weighted by molar-refractivity contribution is -0.141. The van der Waals surface area contributed by atoms with Crippen LogP contribution >= 0.6 is 15.9 Å². The Morgan fingerprint density at radius 2 is 2.14 bits per heavy atom. The molecule has 0 fully saturated rings. The van der Waals surface area contributed by atoms with Gasteiger partial charge in [-0.2, -0.15) is 0 Å². The largest absolute Gasteiger partial charge is 0.465 e. The fourth-order valence-electron chi connectivity index (χ4n) is 2.37. The highest BCUT2D eigenvalue weighted by atomic mass is 79.9. The van der Waals surface area contributed by atoms with E-state index >= 15 is 0 Å². The molecule has 0 amide bonds. The molecule has 3 rings (SSSR count). The number of carbonyl (C=O) groups excluding carboxylic acids is 1. The number of anilines is 1. The molecule has 0 spiro atoms. The Bertz CT molecular complexity index is 1050. The Morgan fingerprint density at radius 1 is 1.31 bits per heavy atom. The number of ether oxygens (including phenoxy) is 1. The number of nitrogens with one attached hydrogen (secondary N) is 2. The first-order valence-corrected chi connectivity index (χ1v) is 9.27. The van der Waals surface area contributed by atoms with Crippen molar-refractivity contribution in [3.05, 3.63) is 39.0 Å². The average Bonchev–Trinajstić information content (AvgIpc) is 3.30. The van der Waals surface area contributed by atoms with E-state index < -0.39 is 11.6 Å². The van der Waals surface area contributed by atoms with Gasteiger partial charge in [0.1, 0.15) is 5.82 Å². The quantitative estimate of drug-likeness (QED) is 0.347. The van der Waals surface area contributed by atoms with Crippen LogP contribution in [0.15, 0.2) is 36.6 Å². The van der Waals surface area contributed by atoms with E-state index in [0.717, 1.165) is 4.57 Å². The Hall–Kier alpha value is -3.06. The molecule has 2 aromatic heterocycles. The lowest BCUT2D eigenvalue weighted by Crippen LogP contribution is -2.29. The number of aromatic nitrogens is 4. The van der Waals surface area contributed by atoms with Crippen molar-refractivity contribution in [1.29, 1.82) is 0 Å². The molecule has 0 aliphatic rings. The Kier molecular flexibility index (Phi) is 6.72. The van der Waals surface area contributed by atoms with E-state index in [1.54, 1.807) is 6.92 Å². The minimum absolute atomic E-state index is 0.0248. The third-order valence-electron chi connectivity index (χ3n) is 3.64. The van der Waals surface area contributed by atoms with Gasteiger partial charge in [-0.3, -0.25) is 9.32 Å². The van der Waals surface area contributed by atoms with Crippen molar-refractivity contribution in [2.75, 3.05) is 31.6 Å². The van der Waals surface area contributed by atoms with Crippen LogP contribution in [0.3, 0.4) is 0 Å². The summed E-state index contributed by atoms with van der Waals surface area (Å²) in [7, 11) is 0. The highest BCUT2D eigenvalue weighted by Gasteiger charge is 2.23. The van der Waals surface area contributed by atoms with Crippen LogP contribution in [0.25, 0.3) is 17.2 Å². The van der Waals surface area contributed by atoms with Gasteiger partial charge in [0.05, 0.1) is 23.3 Å². The number of rotatable bonds is 9. The molecule has 0 aliphatic heterocycles. The number of hydrogen-bond donors (Lipinski definition) is 2. The summed E-state index contributed by atoms with van der Waals surface area (Å²) in [6.07, 6.45) is 0.